The van der Waals surface area contributed by atoms with E-state index in [1.54, 1.807) is 0 Å². The molecule has 13 heavy (non-hydrogen) atoms. The summed E-state index contributed by atoms with van der Waals surface area (Å²) < 4.78 is 12.7. The lowest BCUT2D eigenvalue weighted by molar-refractivity contribution is 0.0689. The number of Topliss-reactive ketones (excluding diaryl/α,β-unsaturated/α-hetero) is 1. The Bertz CT molecular complexity index is 343. The van der Waals surface area contributed by atoms with Gasteiger partial charge in [-0.05, 0) is 0 Å². The Hall–Kier alpha value is -1.78. The van der Waals surface area contributed by atoms with Crippen LogP contribution in [-0.2, 0) is 0 Å². The topological polar surface area (TPSA) is 67.3 Å². The van der Waals surface area contributed by atoms with E-state index >= 15 is 0 Å². The summed E-state index contributed by atoms with van der Waals surface area (Å²) in [7, 11) is 0. The number of halogens is 1. The molecule has 0 amide bonds. The van der Waals surface area contributed by atoms with Crippen molar-refractivity contribution in [2.24, 2.45) is 0 Å². The molecule has 0 aliphatic rings. The van der Waals surface area contributed by atoms with Crippen LogP contribution in [0.15, 0.2) is 12.1 Å². The van der Waals surface area contributed by atoms with Gasteiger partial charge in [0.25, 0.3) is 0 Å². The fraction of sp³-hybridized carbons (Fsp3) is 0.125. The predicted molar refractivity (Wildman–Crippen MR) is 41.2 cm³/mol. The number of nitrogens with zero attached hydrogens (tertiary/aromatic N) is 1. The van der Waals surface area contributed by atoms with Crippen molar-refractivity contribution in [2.75, 3.05) is 0 Å². The highest BCUT2D eigenvalue weighted by Crippen LogP contribution is 2.05. The van der Waals surface area contributed by atoms with Gasteiger partial charge < -0.3 is 5.11 Å². The molecule has 1 aromatic heterocycles. The molecule has 0 saturated carbocycles. The minimum Gasteiger partial charge on any atom is -0.477 e. The fourth-order valence-corrected chi connectivity index (χ4v) is 0.787. The second-order valence-corrected chi connectivity index (χ2v) is 2.42. The van der Waals surface area contributed by atoms with Crippen LogP contribution in [0.25, 0.3) is 0 Å². The highest BCUT2D eigenvalue weighted by atomic mass is 19.1. The Morgan fingerprint density at radius 2 is 1.92 bits per heavy atom. The first-order valence-corrected chi connectivity index (χ1v) is 3.42. The molecule has 0 radical (unpaired) electrons. The van der Waals surface area contributed by atoms with Gasteiger partial charge in [0.05, 0.1) is 0 Å². The highest BCUT2D eigenvalue weighted by molar-refractivity contribution is 5.94. The first-order chi connectivity index (χ1) is 6.00. The Morgan fingerprint density at radius 1 is 1.38 bits per heavy atom. The Kier molecular flexibility index (Phi) is 2.36. The minimum atomic E-state index is -1.36. The first kappa shape index (κ1) is 9.31. The average molecular weight is 183 g/mol. The van der Waals surface area contributed by atoms with Gasteiger partial charge in [-0.25, -0.2) is 14.2 Å². The van der Waals surface area contributed by atoms with Crippen molar-refractivity contribution in [1.29, 1.82) is 0 Å². The van der Waals surface area contributed by atoms with Crippen molar-refractivity contribution in [2.45, 2.75) is 6.92 Å². The zero-order valence-electron chi connectivity index (χ0n) is 6.74. The molecule has 0 atom stereocenters. The molecule has 0 unspecified atom stereocenters. The molecule has 68 valence electrons. The molecule has 0 aromatic carbocycles. The van der Waals surface area contributed by atoms with Gasteiger partial charge in [0, 0.05) is 19.1 Å². The van der Waals surface area contributed by atoms with Crippen LogP contribution in [0.5, 0.6) is 0 Å². The van der Waals surface area contributed by atoms with Crippen LogP contribution in [0, 0.1) is 5.82 Å². The number of hydrogen-bond acceptors (Lipinski definition) is 3. The van der Waals surface area contributed by atoms with Gasteiger partial charge in [0.2, 0.25) is 0 Å². The number of carbonyl (C=O) groups excluding carboxylic acids is 1. The van der Waals surface area contributed by atoms with E-state index in [0.29, 0.717) is 0 Å². The largest absolute Gasteiger partial charge is 0.477 e. The summed E-state index contributed by atoms with van der Waals surface area (Å²) in [6.07, 6.45) is 0. The summed E-state index contributed by atoms with van der Waals surface area (Å²) in [5.41, 5.74) is -0.650. The third kappa shape index (κ3) is 2.08. The lowest BCUT2D eigenvalue weighted by Gasteiger charge is -1.97. The van der Waals surface area contributed by atoms with Crippen molar-refractivity contribution in [3.05, 3.63) is 29.3 Å². The van der Waals surface area contributed by atoms with Crippen LogP contribution < -0.4 is 0 Å². The van der Waals surface area contributed by atoms with Gasteiger partial charge in [-0.1, -0.05) is 0 Å². The van der Waals surface area contributed by atoms with Gasteiger partial charge in [-0.15, -0.1) is 0 Å². The molecule has 1 heterocycles. The molecule has 0 spiro atoms. The zero-order chi connectivity index (χ0) is 10.0. The van der Waals surface area contributed by atoms with Crippen LogP contribution in [0.4, 0.5) is 4.39 Å². The molecule has 1 aromatic rings. The standard InChI is InChI=1S/C8H6FNO3/c1-4(11)6-2-5(9)3-7(10-6)8(12)13/h2-3H,1H3,(H,12,13). The minimum absolute atomic E-state index is 0.183. The molecule has 5 heteroatoms. The summed E-state index contributed by atoms with van der Waals surface area (Å²) in [4.78, 5) is 24.6. The second kappa shape index (κ2) is 3.30. The molecule has 1 rings (SSSR count). The maximum Gasteiger partial charge on any atom is 0.354 e. The fourth-order valence-electron chi connectivity index (χ4n) is 0.787. The van der Waals surface area contributed by atoms with Crippen molar-refractivity contribution in [3.8, 4) is 0 Å². The number of rotatable bonds is 2. The molecular formula is C8H6FNO3. The zero-order valence-corrected chi connectivity index (χ0v) is 6.74. The maximum absolute atomic E-state index is 12.7. The Balaban J connectivity index is 3.26. The van der Waals surface area contributed by atoms with Crippen LogP contribution in [0.2, 0.25) is 0 Å². The summed E-state index contributed by atoms with van der Waals surface area (Å²) in [6.45, 7) is 1.19. The number of aromatic carboxylic acids is 1. The van der Waals surface area contributed by atoms with E-state index in [2.05, 4.69) is 4.98 Å². The van der Waals surface area contributed by atoms with E-state index in [-0.39, 0.29) is 5.69 Å². The molecular weight excluding hydrogens is 177 g/mol. The van der Waals surface area contributed by atoms with Gasteiger partial charge in [-0.3, -0.25) is 4.79 Å². The van der Waals surface area contributed by atoms with Crippen LogP contribution in [0.3, 0.4) is 0 Å². The van der Waals surface area contributed by atoms with Gasteiger partial charge >= 0.3 is 5.97 Å². The number of hydrogen-bond donors (Lipinski definition) is 1. The molecule has 0 aliphatic carbocycles. The highest BCUT2D eigenvalue weighted by Gasteiger charge is 2.10. The number of carboxylic acids is 1. The van der Waals surface area contributed by atoms with E-state index in [9.17, 15) is 14.0 Å². The average Bonchev–Trinajstić information content (AvgIpc) is 2.03. The molecule has 0 aliphatic heterocycles. The Labute approximate surface area is 73.0 Å². The summed E-state index contributed by atoms with van der Waals surface area (Å²) >= 11 is 0. The molecule has 4 nitrogen and oxygen atoms in total. The summed E-state index contributed by atoms with van der Waals surface area (Å²) in [5.74, 6) is -2.61. The molecule has 0 bridgehead atoms. The number of carboxylic acid groups (broad SMARTS) is 1. The van der Waals surface area contributed by atoms with Crippen LogP contribution in [0.1, 0.15) is 27.9 Å². The van der Waals surface area contributed by atoms with E-state index in [0.717, 1.165) is 12.1 Å². The second-order valence-electron chi connectivity index (χ2n) is 2.42. The molecule has 0 saturated heterocycles. The van der Waals surface area contributed by atoms with E-state index in [1.165, 1.54) is 6.92 Å². The summed E-state index contributed by atoms with van der Waals surface area (Å²) in [5, 5.41) is 8.48. The summed E-state index contributed by atoms with van der Waals surface area (Å²) in [6, 6.07) is 1.66. The van der Waals surface area contributed by atoms with Gasteiger partial charge in [0.1, 0.15) is 11.5 Å². The normalized spacial score (nSPS) is 9.69. The van der Waals surface area contributed by atoms with Crippen molar-refractivity contribution < 1.29 is 19.1 Å². The quantitative estimate of drug-likeness (QED) is 0.697. The third-order valence-electron chi connectivity index (χ3n) is 1.37. The first-order valence-electron chi connectivity index (χ1n) is 3.42. The molecule has 0 fully saturated rings. The number of carbonyl (C=O) groups is 2. The smallest absolute Gasteiger partial charge is 0.354 e. The van der Waals surface area contributed by atoms with Crippen molar-refractivity contribution >= 4 is 11.8 Å². The lowest BCUT2D eigenvalue weighted by Crippen LogP contribution is -2.06. The van der Waals surface area contributed by atoms with Gasteiger partial charge in [0.15, 0.2) is 11.5 Å². The van der Waals surface area contributed by atoms with Crippen molar-refractivity contribution in [3.63, 3.8) is 0 Å². The lowest BCUT2D eigenvalue weighted by atomic mass is 10.2. The SMILES string of the molecule is CC(=O)c1cc(F)cc(C(=O)O)n1. The van der Waals surface area contributed by atoms with E-state index < -0.39 is 23.3 Å². The molecule has 1 N–H and O–H groups in total. The van der Waals surface area contributed by atoms with Crippen LogP contribution in [-0.4, -0.2) is 21.8 Å². The van der Waals surface area contributed by atoms with E-state index in [4.69, 9.17) is 5.11 Å². The van der Waals surface area contributed by atoms with E-state index in [1.807, 2.05) is 0 Å². The van der Waals surface area contributed by atoms with Crippen molar-refractivity contribution in [1.82, 2.24) is 4.98 Å². The monoisotopic (exact) mass is 183 g/mol. The maximum atomic E-state index is 12.7. The van der Waals surface area contributed by atoms with Gasteiger partial charge in [-0.2, -0.15) is 0 Å². The Morgan fingerprint density at radius 3 is 2.38 bits per heavy atom. The number of pyridine rings is 1. The predicted octanol–water partition coefficient (Wildman–Crippen LogP) is 1.12. The number of aromatic nitrogens is 1. The third-order valence-corrected chi connectivity index (χ3v) is 1.37. The number of ketones is 1. The van der Waals surface area contributed by atoms with Crippen LogP contribution >= 0.6 is 0 Å².